The number of nitrogens with zero attached hydrogens (tertiary/aromatic N) is 5. The van der Waals surface area contributed by atoms with Crippen LogP contribution in [-0.2, 0) is 14.3 Å². The van der Waals surface area contributed by atoms with E-state index in [1.165, 1.54) is 24.1 Å². The maximum atomic E-state index is 15.0. The van der Waals surface area contributed by atoms with Crippen molar-refractivity contribution in [1.82, 2.24) is 14.8 Å². The van der Waals surface area contributed by atoms with E-state index in [0.717, 1.165) is 19.2 Å². The van der Waals surface area contributed by atoms with E-state index >= 15 is 0 Å². The summed E-state index contributed by atoms with van der Waals surface area (Å²) in [6.07, 6.45) is 0.363. The summed E-state index contributed by atoms with van der Waals surface area (Å²) < 4.78 is 47.5. The smallest absolute Gasteiger partial charge is 0.414 e. The monoisotopic (exact) mass is 698 g/mol. The number of carboxylic acid groups (broad SMARTS) is 1. The third-order valence-corrected chi connectivity index (χ3v) is 9.24. The van der Waals surface area contributed by atoms with E-state index < -0.39 is 29.4 Å². The summed E-state index contributed by atoms with van der Waals surface area (Å²) in [4.78, 5) is 54.3. The maximum absolute atomic E-state index is 15.0. The molecule has 0 spiro atoms. The average molecular weight is 699 g/mol. The van der Waals surface area contributed by atoms with Gasteiger partial charge in [0.05, 0.1) is 54.6 Å². The number of hydrogen-bond acceptors (Lipinski definition) is 10. The molecule has 3 fully saturated rings. The number of hydrogen-bond donors (Lipinski definition) is 2. The Morgan fingerprint density at radius 2 is 1.72 bits per heavy atom. The first-order valence-electron chi connectivity index (χ1n) is 16.5. The molecule has 2 aromatic carbocycles. The lowest BCUT2D eigenvalue weighted by molar-refractivity contribution is -0.119. The fourth-order valence-corrected chi connectivity index (χ4v) is 6.51. The fourth-order valence-electron chi connectivity index (χ4n) is 6.51. The summed E-state index contributed by atoms with van der Waals surface area (Å²) in [6.45, 7) is 9.42. The molecule has 16 heteroatoms. The maximum Gasteiger partial charge on any atom is 0.414 e. The lowest BCUT2D eigenvalue weighted by atomic mass is 10.1. The Bertz CT molecular complexity index is 1860. The van der Waals surface area contributed by atoms with Crippen molar-refractivity contribution in [3.05, 3.63) is 57.9 Å². The second-order valence-electron chi connectivity index (χ2n) is 12.8. The molecule has 268 valence electrons. The number of benzene rings is 2. The molecule has 5 heterocycles. The molecular weight excluding hydrogens is 658 g/mol. The Hall–Kier alpha value is -4.96. The average Bonchev–Trinajstić information content (AvgIpc) is 3.47. The lowest BCUT2D eigenvalue weighted by Gasteiger charge is -2.37. The van der Waals surface area contributed by atoms with Gasteiger partial charge in [0.1, 0.15) is 29.8 Å². The number of amides is 2. The number of piperazine rings is 1. The summed E-state index contributed by atoms with van der Waals surface area (Å²) >= 11 is 0. The van der Waals surface area contributed by atoms with Crippen molar-refractivity contribution in [1.29, 1.82) is 0 Å². The molecule has 14 nitrogen and oxygen atoms in total. The van der Waals surface area contributed by atoms with Crippen LogP contribution in [0.25, 0.3) is 10.9 Å². The molecule has 7 rings (SSSR count). The highest BCUT2D eigenvalue weighted by Gasteiger charge is 2.33. The van der Waals surface area contributed by atoms with Crippen molar-refractivity contribution < 1.29 is 42.5 Å². The van der Waals surface area contributed by atoms with Gasteiger partial charge in [0.2, 0.25) is 11.3 Å². The van der Waals surface area contributed by atoms with E-state index in [2.05, 4.69) is 10.2 Å². The summed E-state index contributed by atoms with van der Waals surface area (Å²) in [7, 11) is 2.02. The van der Waals surface area contributed by atoms with Gasteiger partial charge in [0.25, 0.3) is 0 Å². The quantitative estimate of drug-likeness (QED) is 0.392. The predicted molar refractivity (Wildman–Crippen MR) is 181 cm³/mol. The van der Waals surface area contributed by atoms with Gasteiger partial charge in [-0.15, -0.1) is 0 Å². The fraction of sp³-hybridized carbons (Fsp3) is 0.471. The zero-order chi connectivity index (χ0) is 35.7. The van der Waals surface area contributed by atoms with E-state index in [9.17, 15) is 33.1 Å². The van der Waals surface area contributed by atoms with Crippen LogP contribution in [0.3, 0.4) is 0 Å². The Morgan fingerprint density at radius 3 is 2.38 bits per heavy atom. The number of anilines is 3. The summed E-state index contributed by atoms with van der Waals surface area (Å²) in [5.41, 5.74) is 0.725. The molecule has 2 N–H and O–H groups in total. The number of carbonyl (C=O) groups excluding carboxylic acids is 2. The van der Waals surface area contributed by atoms with Crippen molar-refractivity contribution >= 4 is 45.9 Å². The van der Waals surface area contributed by atoms with Gasteiger partial charge in [-0.3, -0.25) is 14.5 Å². The number of ether oxygens (including phenoxy) is 3. The minimum atomic E-state index is -1.32. The topological polar surface area (TPSA) is 146 Å². The molecule has 3 saturated heterocycles. The van der Waals surface area contributed by atoms with Crippen LogP contribution in [0.2, 0.25) is 0 Å². The molecule has 50 heavy (non-hydrogen) atoms. The third kappa shape index (κ3) is 7.03. The number of nitrogens with one attached hydrogen (secondary N) is 1. The standard InChI is InChI=1S/C18H20FN3O4.C16H20FN3O4/c1-10-9-26-17-14-11(16(23)12(18(24)25)8-22(10)14)7-13(19)15(17)21-5-3-20(2)4-6-21;1-11(21)18-9-13-10-20(16(22)24-13)12-2-3-15(14(17)8-12)19-4-6-23-7-5-19/h7-8,10H,3-6,9H2,1-2H3,(H,24,25);2-3,8,13H,4-7,9-10H2,1H3,(H,18,21)/t10-;13-/m00/s1. The Morgan fingerprint density at radius 1 is 1.00 bits per heavy atom. The van der Waals surface area contributed by atoms with Crippen molar-refractivity contribution in [3.63, 3.8) is 0 Å². The first-order chi connectivity index (χ1) is 23.9. The van der Waals surface area contributed by atoms with Crippen LogP contribution in [0.4, 0.5) is 30.6 Å². The largest absolute Gasteiger partial charge is 0.487 e. The highest BCUT2D eigenvalue weighted by molar-refractivity contribution is 5.97. The number of cyclic esters (lactones) is 1. The molecule has 2 atom stereocenters. The molecule has 2 amide bonds. The molecule has 3 aromatic rings. The molecule has 0 saturated carbocycles. The molecular formula is C34H40F2N6O8. The van der Waals surface area contributed by atoms with Crippen LogP contribution < -0.4 is 30.2 Å². The van der Waals surface area contributed by atoms with Crippen molar-refractivity contribution in [2.45, 2.75) is 26.0 Å². The minimum Gasteiger partial charge on any atom is -0.487 e. The van der Waals surface area contributed by atoms with Crippen LogP contribution in [0.5, 0.6) is 5.75 Å². The highest BCUT2D eigenvalue weighted by atomic mass is 19.1. The van der Waals surface area contributed by atoms with Gasteiger partial charge in [0.15, 0.2) is 11.6 Å². The number of morpholine rings is 1. The number of pyridine rings is 1. The van der Waals surface area contributed by atoms with E-state index in [4.69, 9.17) is 14.2 Å². The lowest BCUT2D eigenvalue weighted by Crippen LogP contribution is -2.45. The number of aromatic nitrogens is 1. The zero-order valence-electron chi connectivity index (χ0n) is 28.1. The van der Waals surface area contributed by atoms with E-state index in [1.807, 2.05) is 23.8 Å². The van der Waals surface area contributed by atoms with E-state index in [1.54, 1.807) is 16.7 Å². The second-order valence-corrected chi connectivity index (χ2v) is 12.8. The van der Waals surface area contributed by atoms with Gasteiger partial charge in [-0.25, -0.2) is 18.4 Å². The van der Waals surface area contributed by atoms with Gasteiger partial charge in [-0.05, 0) is 38.2 Å². The molecule has 4 aliphatic rings. The van der Waals surface area contributed by atoms with Gasteiger partial charge in [0, 0.05) is 52.4 Å². The van der Waals surface area contributed by atoms with Gasteiger partial charge < -0.3 is 43.9 Å². The van der Waals surface area contributed by atoms with Crippen LogP contribution in [0.15, 0.2) is 35.3 Å². The number of rotatable bonds is 6. The highest BCUT2D eigenvalue weighted by Crippen LogP contribution is 2.42. The van der Waals surface area contributed by atoms with E-state index in [0.29, 0.717) is 67.7 Å². The first kappa shape index (κ1) is 34.9. The van der Waals surface area contributed by atoms with Crippen LogP contribution in [-0.4, -0.2) is 118 Å². The van der Waals surface area contributed by atoms with Gasteiger partial charge in [-0.2, -0.15) is 0 Å². The van der Waals surface area contributed by atoms with Crippen LogP contribution >= 0.6 is 0 Å². The predicted octanol–water partition coefficient (Wildman–Crippen LogP) is 2.67. The number of likely N-dealkylation sites (N-methyl/N-ethyl adjacent to an activating group) is 1. The van der Waals surface area contributed by atoms with Gasteiger partial charge in [-0.1, -0.05) is 0 Å². The molecule has 0 radical (unpaired) electrons. The van der Waals surface area contributed by atoms with Crippen molar-refractivity contribution in [3.8, 4) is 5.75 Å². The Kier molecular flexibility index (Phi) is 10.1. The molecule has 1 aromatic heterocycles. The zero-order valence-corrected chi connectivity index (χ0v) is 28.1. The first-order valence-corrected chi connectivity index (χ1v) is 16.5. The van der Waals surface area contributed by atoms with Crippen LogP contribution in [0, 0.1) is 11.6 Å². The molecule has 4 aliphatic heterocycles. The molecule has 0 bridgehead atoms. The summed E-state index contributed by atoms with van der Waals surface area (Å²) in [5, 5.41) is 12.0. The number of carboxylic acids is 1. The second kappa shape index (κ2) is 14.5. The number of halogens is 2. The third-order valence-electron chi connectivity index (χ3n) is 9.24. The number of aromatic carboxylic acids is 1. The Balaban J connectivity index is 0.000000174. The normalized spacial score (nSPS) is 20.6. The number of carbonyl (C=O) groups is 3. The van der Waals surface area contributed by atoms with Crippen molar-refractivity contribution in [2.24, 2.45) is 0 Å². The van der Waals surface area contributed by atoms with E-state index in [-0.39, 0.29) is 48.4 Å². The minimum absolute atomic E-state index is 0.0434. The van der Waals surface area contributed by atoms with Crippen molar-refractivity contribution in [2.75, 3.05) is 93.9 Å². The molecule has 0 unspecified atom stereocenters. The van der Waals surface area contributed by atoms with Crippen LogP contribution in [0.1, 0.15) is 30.2 Å². The summed E-state index contributed by atoms with van der Waals surface area (Å²) in [6, 6.07) is 5.71. The summed E-state index contributed by atoms with van der Waals surface area (Å²) in [5.74, 6) is -2.11. The van der Waals surface area contributed by atoms with Gasteiger partial charge >= 0.3 is 12.1 Å². The SMILES string of the molecule is CC(=O)NC[C@H]1CN(c2ccc(N3CCOCC3)c(F)c2)C(=O)O1.C[C@H]1COc2c(N3CCN(C)CC3)c(F)cc3c(=O)c(C(=O)O)cn1c23. The molecule has 0 aliphatic carbocycles. The Labute approximate surface area is 286 Å².